The molecule has 0 aliphatic carbocycles. The number of halogens is 1. The standard InChI is InChI=1S/C31H24ClN3O7S2/c1-39-22-13-18(14-23(40-2)28(22)41-3)25-24(26(36)21-12-16-8-5-7-11-20(16)42-21)27(37)29(38)35(25)30-33-34-31(44-30)43-15-17-9-4-6-10-19(17)32/h4-14,25,37H,15H2,1-3H3. The van der Waals surface area contributed by atoms with Crippen LogP contribution in [-0.4, -0.2) is 48.3 Å². The van der Waals surface area contributed by atoms with Gasteiger partial charge in [-0.2, -0.15) is 0 Å². The second-order valence-corrected chi connectivity index (χ2v) is 12.1. The predicted molar refractivity (Wildman–Crippen MR) is 167 cm³/mol. The summed E-state index contributed by atoms with van der Waals surface area (Å²) in [5.74, 6) is -0.801. The van der Waals surface area contributed by atoms with E-state index in [0.717, 1.165) is 16.9 Å². The molecule has 0 spiro atoms. The zero-order valence-electron chi connectivity index (χ0n) is 23.6. The number of ketones is 1. The van der Waals surface area contributed by atoms with Gasteiger partial charge < -0.3 is 23.7 Å². The van der Waals surface area contributed by atoms with Gasteiger partial charge in [-0.3, -0.25) is 14.5 Å². The fraction of sp³-hybridized carbons (Fsp3) is 0.161. The first kappa shape index (κ1) is 29.5. The van der Waals surface area contributed by atoms with Crippen molar-refractivity contribution in [3.8, 4) is 17.2 Å². The Morgan fingerprint density at radius 2 is 1.73 bits per heavy atom. The third-order valence-corrected chi connectivity index (χ3v) is 9.49. The van der Waals surface area contributed by atoms with Gasteiger partial charge in [0.05, 0.1) is 32.9 Å². The molecule has 1 aliphatic heterocycles. The molecule has 6 rings (SSSR count). The van der Waals surface area contributed by atoms with E-state index in [0.29, 0.717) is 48.9 Å². The average molecular weight is 650 g/mol. The lowest BCUT2D eigenvalue weighted by molar-refractivity contribution is -0.117. The molecule has 44 heavy (non-hydrogen) atoms. The highest BCUT2D eigenvalue weighted by molar-refractivity contribution is 8.00. The molecule has 2 aromatic heterocycles. The van der Waals surface area contributed by atoms with Crippen LogP contribution in [0.2, 0.25) is 5.02 Å². The number of nitrogens with zero attached hydrogens (tertiary/aromatic N) is 3. The van der Waals surface area contributed by atoms with Crippen LogP contribution in [0, 0.1) is 0 Å². The van der Waals surface area contributed by atoms with E-state index in [1.807, 2.05) is 30.3 Å². The number of ether oxygens (including phenoxy) is 3. The minimum atomic E-state index is -1.13. The van der Waals surface area contributed by atoms with Crippen molar-refractivity contribution in [1.82, 2.24) is 10.2 Å². The van der Waals surface area contributed by atoms with Gasteiger partial charge in [0.25, 0.3) is 5.91 Å². The van der Waals surface area contributed by atoms with Gasteiger partial charge in [0.1, 0.15) is 5.58 Å². The van der Waals surface area contributed by atoms with Gasteiger partial charge in [-0.15, -0.1) is 10.2 Å². The first-order valence-electron chi connectivity index (χ1n) is 13.1. The molecule has 1 aliphatic rings. The first-order chi connectivity index (χ1) is 21.3. The minimum absolute atomic E-state index is 0.0342. The van der Waals surface area contributed by atoms with E-state index < -0.39 is 23.5 Å². The number of carbonyl (C=O) groups excluding carboxylic acids is 2. The molecule has 1 amide bonds. The number of aliphatic hydroxyl groups is 1. The number of anilines is 1. The summed E-state index contributed by atoms with van der Waals surface area (Å²) >= 11 is 8.85. The monoisotopic (exact) mass is 649 g/mol. The molecule has 0 fully saturated rings. The van der Waals surface area contributed by atoms with E-state index in [9.17, 15) is 14.7 Å². The number of carbonyl (C=O) groups is 2. The summed E-state index contributed by atoms with van der Waals surface area (Å²) in [6.07, 6.45) is 0. The molecular formula is C31H24ClN3O7S2. The van der Waals surface area contributed by atoms with Crippen LogP contribution >= 0.6 is 34.7 Å². The summed E-state index contributed by atoms with van der Waals surface area (Å²) < 4.78 is 23.0. The average Bonchev–Trinajstić information content (AvgIpc) is 3.76. The summed E-state index contributed by atoms with van der Waals surface area (Å²) in [6, 6.07) is 18.3. The molecule has 3 aromatic carbocycles. The molecule has 3 heterocycles. The number of methoxy groups -OCH3 is 3. The number of rotatable bonds is 10. The number of hydrogen-bond donors (Lipinski definition) is 1. The van der Waals surface area contributed by atoms with Gasteiger partial charge in [-0.05, 0) is 41.5 Å². The fourth-order valence-electron chi connectivity index (χ4n) is 4.95. The van der Waals surface area contributed by atoms with Crippen LogP contribution in [0.25, 0.3) is 11.0 Å². The van der Waals surface area contributed by atoms with Crippen LogP contribution in [0.15, 0.2) is 86.8 Å². The van der Waals surface area contributed by atoms with Crippen LogP contribution in [0.4, 0.5) is 5.13 Å². The Morgan fingerprint density at radius 3 is 2.41 bits per heavy atom. The van der Waals surface area contributed by atoms with E-state index in [4.69, 9.17) is 30.2 Å². The van der Waals surface area contributed by atoms with Gasteiger partial charge >= 0.3 is 0 Å². The Morgan fingerprint density at radius 1 is 1.02 bits per heavy atom. The Kier molecular flexibility index (Phi) is 8.21. The number of amides is 1. The van der Waals surface area contributed by atoms with Gasteiger partial charge in [0, 0.05) is 16.2 Å². The highest BCUT2D eigenvalue weighted by atomic mass is 35.5. The normalized spacial score (nSPS) is 14.9. The number of benzene rings is 3. The third-order valence-electron chi connectivity index (χ3n) is 7.02. The SMILES string of the molecule is COc1cc(C2C(C(=O)c3cc4ccccc4o3)=C(O)C(=O)N2c2nnc(SCc3ccccc3Cl)s2)cc(OC)c1OC. The topological polar surface area (TPSA) is 124 Å². The summed E-state index contributed by atoms with van der Waals surface area (Å²) in [5.41, 5.74) is 1.62. The maximum atomic E-state index is 14.0. The van der Waals surface area contributed by atoms with Crippen LogP contribution in [0.3, 0.4) is 0 Å². The highest BCUT2D eigenvalue weighted by Crippen LogP contribution is 2.48. The van der Waals surface area contributed by atoms with Crippen molar-refractivity contribution in [1.29, 1.82) is 0 Å². The molecule has 0 saturated carbocycles. The molecule has 1 atom stereocenters. The minimum Gasteiger partial charge on any atom is -0.503 e. The lowest BCUT2D eigenvalue weighted by Gasteiger charge is -2.25. The van der Waals surface area contributed by atoms with Crippen molar-refractivity contribution in [2.75, 3.05) is 26.2 Å². The smallest absolute Gasteiger partial charge is 0.296 e. The molecule has 1 unspecified atom stereocenters. The molecule has 13 heteroatoms. The van der Waals surface area contributed by atoms with Gasteiger partial charge in [-0.25, -0.2) is 0 Å². The number of Topliss-reactive ketones (excluding diaryl/α,β-unsaturated/α-hetero) is 1. The van der Waals surface area contributed by atoms with Crippen molar-refractivity contribution in [3.05, 3.63) is 100.0 Å². The van der Waals surface area contributed by atoms with Crippen LogP contribution in [-0.2, 0) is 10.5 Å². The maximum absolute atomic E-state index is 14.0. The van der Waals surface area contributed by atoms with Crippen molar-refractivity contribution < 1.29 is 33.3 Å². The van der Waals surface area contributed by atoms with Crippen molar-refractivity contribution in [2.24, 2.45) is 0 Å². The molecule has 0 bridgehead atoms. The van der Waals surface area contributed by atoms with E-state index in [1.54, 1.807) is 36.4 Å². The second kappa shape index (κ2) is 12.2. The number of aliphatic hydroxyl groups excluding tert-OH is 1. The lowest BCUT2D eigenvalue weighted by Crippen LogP contribution is -2.31. The van der Waals surface area contributed by atoms with Gasteiger partial charge in [0.2, 0.25) is 16.7 Å². The van der Waals surface area contributed by atoms with Crippen LogP contribution in [0.1, 0.15) is 27.7 Å². The van der Waals surface area contributed by atoms with Crippen LogP contribution in [0.5, 0.6) is 17.2 Å². The van der Waals surface area contributed by atoms with Gasteiger partial charge in [-0.1, -0.05) is 71.1 Å². The zero-order chi connectivity index (χ0) is 31.0. The Bertz CT molecular complexity index is 1880. The van der Waals surface area contributed by atoms with Gasteiger partial charge in [0.15, 0.2) is 27.4 Å². The molecule has 0 saturated heterocycles. The zero-order valence-corrected chi connectivity index (χ0v) is 26.0. The Labute approximate surface area is 264 Å². The lowest BCUT2D eigenvalue weighted by atomic mass is 9.94. The number of para-hydroxylation sites is 1. The fourth-order valence-corrected chi connectivity index (χ4v) is 7.10. The molecule has 10 nitrogen and oxygen atoms in total. The Balaban J connectivity index is 1.44. The van der Waals surface area contributed by atoms with Crippen molar-refractivity contribution >= 4 is 62.5 Å². The second-order valence-electron chi connectivity index (χ2n) is 9.51. The molecule has 1 N–H and O–H groups in total. The first-order valence-corrected chi connectivity index (χ1v) is 15.3. The van der Waals surface area contributed by atoms with Crippen molar-refractivity contribution in [3.63, 3.8) is 0 Å². The number of hydrogen-bond acceptors (Lipinski definition) is 11. The van der Waals surface area contributed by atoms with E-state index >= 15 is 0 Å². The summed E-state index contributed by atoms with van der Waals surface area (Å²) in [4.78, 5) is 29.0. The number of fused-ring (bicyclic) bond motifs is 1. The summed E-state index contributed by atoms with van der Waals surface area (Å²) in [6.45, 7) is 0. The molecule has 0 radical (unpaired) electrons. The Hall–Kier alpha value is -4.52. The van der Waals surface area contributed by atoms with E-state index in [-0.39, 0.29) is 16.5 Å². The van der Waals surface area contributed by atoms with E-state index in [1.165, 1.54) is 38.0 Å². The van der Waals surface area contributed by atoms with Crippen LogP contribution < -0.4 is 19.1 Å². The summed E-state index contributed by atoms with van der Waals surface area (Å²) in [5, 5.41) is 21.3. The third kappa shape index (κ3) is 5.25. The number of thioether (sulfide) groups is 1. The van der Waals surface area contributed by atoms with E-state index in [2.05, 4.69) is 10.2 Å². The maximum Gasteiger partial charge on any atom is 0.296 e. The molecular weight excluding hydrogens is 626 g/mol. The quantitative estimate of drug-likeness (QED) is 0.0957. The molecule has 5 aromatic rings. The summed E-state index contributed by atoms with van der Waals surface area (Å²) in [7, 11) is 4.39. The molecule has 224 valence electrons. The van der Waals surface area contributed by atoms with Crippen molar-refractivity contribution in [2.45, 2.75) is 16.1 Å². The largest absolute Gasteiger partial charge is 0.503 e. The predicted octanol–water partition coefficient (Wildman–Crippen LogP) is 7.04. The number of aromatic nitrogens is 2. The highest BCUT2D eigenvalue weighted by Gasteiger charge is 2.47. The number of furan rings is 1.